The molecular weight excluding hydrogens is 366 g/mol. The Labute approximate surface area is 170 Å². The molecule has 1 amide bonds. The number of oxazole rings is 1. The number of aryl methyl sites for hydroxylation is 3. The lowest BCUT2D eigenvalue weighted by atomic mass is 9.93. The molecule has 7 heteroatoms. The molecule has 0 spiro atoms. The van der Waals surface area contributed by atoms with Gasteiger partial charge in [0.1, 0.15) is 11.6 Å². The van der Waals surface area contributed by atoms with Crippen molar-refractivity contribution in [3.8, 4) is 0 Å². The molecule has 4 rings (SSSR count). The van der Waals surface area contributed by atoms with E-state index >= 15 is 0 Å². The van der Waals surface area contributed by atoms with Crippen LogP contribution in [-0.4, -0.2) is 38.8 Å². The second-order valence-electron chi connectivity index (χ2n) is 7.46. The normalized spacial score (nSPS) is 14.8. The smallest absolute Gasteiger partial charge is 0.291 e. The Hall–Kier alpha value is -3.22. The Bertz CT molecular complexity index is 1020. The van der Waals surface area contributed by atoms with E-state index in [1.807, 2.05) is 43.0 Å². The second-order valence-corrected chi connectivity index (χ2v) is 7.46. The van der Waals surface area contributed by atoms with Crippen LogP contribution in [0.15, 0.2) is 40.9 Å². The minimum Gasteiger partial charge on any atom is -0.436 e. The van der Waals surface area contributed by atoms with Crippen molar-refractivity contribution in [2.24, 2.45) is 0 Å². The molecule has 7 nitrogen and oxygen atoms in total. The van der Waals surface area contributed by atoms with E-state index in [1.165, 1.54) is 0 Å². The van der Waals surface area contributed by atoms with Gasteiger partial charge in [0, 0.05) is 37.8 Å². The van der Waals surface area contributed by atoms with E-state index in [4.69, 9.17) is 9.40 Å². The van der Waals surface area contributed by atoms with Gasteiger partial charge in [-0.15, -0.1) is 0 Å². The maximum atomic E-state index is 12.7. The number of rotatable bonds is 4. The molecule has 0 radical (unpaired) electrons. The first kappa shape index (κ1) is 19.1. The van der Waals surface area contributed by atoms with Crippen molar-refractivity contribution in [1.82, 2.24) is 19.9 Å². The van der Waals surface area contributed by atoms with Crippen molar-refractivity contribution < 1.29 is 9.21 Å². The summed E-state index contributed by atoms with van der Waals surface area (Å²) in [5, 5.41) is 3.30. The molecule has 1 N–H and O–H groups in total. The average molecular weight is 391 g/mol. The number of pyridine rings is 2. The summed E-state index contributed by atoms with van der Waals surface area (Å²) in [7, 11) is 0. The third kappa shape index (κ3) is 4.13. The molecule has 1 aliphatic rings. The molecule has 1 aliphatic heterocycles. The standard InChI is InChI=1S/C22H25N5O2/c1-14-6-5-11-23-21(14)26-19-8-4-7-18(25-19)17-9-12-27(13-10-17)22(28)20-15(2)24-16(3)29-20/h4-8,11,17H,9-10,12-13H2,1-3H3,(H,23,25,26). The highest BCUT2D eigenvalue weighted by atomic mass is 16.4. The fourth-order valence-corrected chi connectivity index (χ4v) is 3.74. The van der Waals surface area contributed by atoms with Gasteiger partial charge in [0.25, 0.3) is 5.91 Å². The van der Waals surface area contributed by atoms with Crippen molar-refractivity contribution in [2.45, 2.75) is 39.5 Å². The Morgan fingerprint density at radius 2 is 1.90 bits per heavy atom. The van der Waals surface area contributed by atoms with Crippen LogP contribution >= 0.6 is 0 Å². The van der Waals surface area contributed by atoms with Gasteiger partial charge in [-0.05, 0) is 50.5 Å². The van der Waals surface area contributed by atoms with Crippen molar-refractivity contribution in [3.63, 3.8) is 0 Å². The zero-order valence-corrected chi connectivity index (χ0v) is 17.0. The molecule has 0 atom stereocenters. The number of aromatic nitrogens is 3. The molecule has 0 saturated carbocycles. The molecule has 0 aliphatic carbocycles. The number of carbonyl (C=O) groups is 1. The van der Waals surface area contributed by atoms with Crippen LogP contribution < -0.4 is 5.32 Å². The van der Waals surface area contributed by atoms with Crippen molar-refractivity contribution >= 4 is 17.5 Å². The number of anilines is 2. The summed E-state index contributed by atoms with van der Waals surface area (Å²) in [5.74, 6) is 2.73. The summed E-state index contributed by atoms with van der Waals surface area (Å²) < 4.78 is 5.49. The first-order chi connectivity index (χ1) is 14.0. The quantitative estimate of drug-likeness (QED) is 0.719. The third-order valence-corrected chi connectivity index (χ3v) is 5.32. The fraction of sp³-hybridized carbons (Fsp3) is 0.364. The maximum Gasteiger partial charge on any atom is 0.291 e. The summed E-state index contributed by atoms with van der Waals surface area (Å²) in [6.07, 6.45) is 3.51. The molecule has 3 aromatic rings. The van der Waals surface area contributed by atoms with Crippen LogP contribution in [0.25, 0.3) is 0 Å². The molecular formula is C22H25N5O2. The van der Waals surface area contributed by atoms with Crippen molar-refractivity contribution in [3.05, 3.63) is 65.1 Å². The maximum absolute atomic E-state index is 12.7. The predicted octanol–water partition coefficient (Wildman–Crippen LogP) is 4.15. The molecule has 150 valence electrons. The Balaban J connectivity index is 1.42. The third-order valence-electron chi connectivity index (χ3n) is 5.32. The van der Waals surface area contributed by atoms with Gasteiger partial charge in [0.15, 0.2) is 5.89 Å². The molecule has 1 fully saturated rings. The molecule has 0 unspecified atom stereocenters. The van der Waals surface area contributed by atoms with Gasteiger partial charge in [-0.1, -0.05) is 12.1 Å². The van der Waals surface area contributed by atoms with Crippen LogP contribution in [0.2, 0.25) is 0 Å². The van der Waals surface area contributed by atoms with Gasteiger partial charge < -0.3 is 14.6 Å². The lowest BCUT2D eigenvalue weighted by Gasteiger charge is -2.31. The number of nitrogens with zero attached hydrogens (tertiary/aromatic N) is 4. The first-order valence-corrected chi connectivity index (χ1v) is 9.90. The van der Waals surface area contributed by atoms with Crippen LogP contribution in [0.3, 0.4) is 0 Å². The zero-order valence-electron chi connectivity index (χ0n) is 17.0. The van der Waals surface area contributed by atoms with E-state index in [0.29, 0.717) is 36.4 Å². The number of hydrogen-bond donors (Lipinski definition) is 1. The minimum atomic E-state index is -0.0736. The summed E-state index contributed by atoms with van der Waals surface area (Å²) in [6.45, 7) is 6.95. The Morgan fingerprint density at radius 3 is 2.59 bits per heavy atom. The molecule has 0 bridgehead atoms. The molecule has 0 aromatic carbocycles. The largest absolute Gasteiger partial charge is 0.436 e. The fourth-order valence-electron chi connectivity index (χ4n) is 3.74. The highest BCUT2D eigenvalue weighted by molar-refractivity contribution is 5.92. The van der Waals surface area contributed by atoms with Crippen molar-refractivity contribution in [1.29, 1.82) is 0 Å². The number of amides is 1. The molecule has 29 heavy (non-hydrogen) atoms. The van der Waals surface area contributed by atoms with Crippen LogP contribution in [0.1, 0.15) is 52.2 Å². The van der Waals surface area contributed by atoms with Gasteiger partial charge in [0.05, 0.1) is 5.69 Å². The Morgan fingerprint density at radius 1 is 1.10 bits per heavy atom. The second kappa shape index (κ2) is 8.03. The van der Waals surface area contributed by atoms with E-state index in [1.54, 1.807) is 13.1 Å². The minimum absolute atomic E-state index is 0.0736. The first-order valence-electron chi connectivity index (χ1n) is 9.90. The molecule has 1 saturated heterocycles. The summed E-state index contributed by atoms with van der Waals surface area (Å²) in [5.41, 5.74) is 2.77. The van der Waals surface area contributed by atoms with E-state index < -0.39 is 0 Å². The summed E-state index contributed by atoms with van der Waals surface area (Å²) in [6, 6.07) is 9.96. The van der Waals surface area contributed by atoms with Gasteiger partial charge >= 0.3 is 0 Å². The van der Waals surface area contributed by atoms with E-state index in [0.717, 1.165) is 35.7 Å². The number of carbonyl (C=O) groups excluding carboxylic acids is 1. The highest BCUT2D eigenvalue weighted by Gasteiger charge is 2.28. The summed E-state index contributed by atoms with van der Waals surface area (Å²) in [4.78, 5) is 27.9. The highest BCUT2D eigenvalue weighted by Crippen LogP contribution is 2.29. The van der Waals surface area contributed by atoms with Crippen LogP contribution in [0, 0.1) is 20.8 Å². The van der Waals surface area contributed by atoms with Crippen molar-refractivity contribution in [2.75, 3.05) is 18.4 Å². The van der Waals surface area contributed by atoms with Crippen LogP contribution in [-0.2, 0) is 0 Å². The monoisotopic (exact) mass is 391 g/mol. The molecule has 3 aromatic heterocycles. The SMILES string of the molecule is Cc1nc(C)c(C(=O)N2CCC(c3cccc(Nc4ncccc4C)n3)CC2)o1. The number of nitrogens with one attached hydrogen (secondary N) is 1. The number of likely N-dealkylation sites (tertiary alicyclic amines) is 1. The van der Waals surface area contributed by atoms with Crippen LogP contribution in [0.4, 0.5) is 11.6 Å². The lowest BCUT2D eigenvalue weighted by molar-refractivity contribution is 0.0677. The number of piperidine rings is 1. The molecule has 4 heterocycles. The van der Waals surface area contributed by atoms with E-state index in [9.17, 15) is 4.79 Å². The summed E-state index contributed by atoms with van der Waals surface area (Å²) >= 11 is 0. The lowest BCUT2D eigenvalue weighted by Crippen LogP contribution is -2.38. The van der Waals surface area contributed by atoms with Gasteiger partial charge in [-0.2, -0.15) is 0 Å². The zero-order chi connectivity index (χ0) is 20.4. The average Bonchev–Trinajstić information content (AvgIpc) is 3.07. The Kier molecular flexibility index (Phi) is 5.29. The number of hydrogen-bond acceptors (Lipinski definition) is 6. The van der Waals surface area contributed by atoms with Gasteiger partial charge in [-0.25, -0.2) is 15.0 Å². The van der Waals surface area contributed by atoms with E-state index in [2.05, 4.69) is 21.4 Å². The topological polar surface area (TPSA) is 84.2 Å². The van der Waals surface area contributed by atoms with Gasteiger partial charge in [0.2, 0.25) is 5.76 Å². The van der Waals surface area contributed by atoms with Crippen LogP contribution in [0.5, 0.6) is 0 Å². The predicted molar refractivity (Wildman–Crippen MR) is 110 cm³/mol. The van der Waals surface area contributed by atoms with E-state index in [-0.39, 0.29) is 5.91 Å². The van der Waals surface area contributed by atoms with Gasteiger partial charge in [-0.3, -0.25) is 4.79 Å².